The number of nitriles is 1. The Morgan fingerprint density at radius 1 is 1.40 bits per heavy atom. The van der Waals surface area contributed by atoms with Crippen molar-refractivity contribution in [1.82, 2.24) is 5.32 Å². The molecule has 0 fully saturated rings. The van der Waals surface area contributed by atoms with Gasteiger partial charge in [0.2, 0.25) is 0 Å². The number of aliphatic hydroxyl groups is 1. The highest BCUT2D eigenvalue weighted by molar-refractivity contribution is 5.77. The molecule has 1 amide bonds. The van der Waals surface area contributed by atoms with Gasteiger partial charge in [-0.15, -0.1) is 0 Å². The van der Waals surface area contributed by atoms with Crippen molar-refractivity contribution in [2.45, 2.75) is 26.3 Å². The molecule has 2 N–H and O–H groups in total. The van der Waals surface area contributed by atoms with E-state index in [1.807, 2.05) is 19.9 Å². The first-order chi connectivity index (χ1) is 9.56. The fraction of sp³-hybridized carbons (Fsp3) is 0.467. The van der Waals surface area contributed by atoms with Crippen molar-refractivity contribution in [3.63, 3.8) is 0 Å². The van der Waals surface area contributed by atoms with Gasteiger partial charge in [-0.2, -0.15) is 5.26 Å². The molecule has 5 heteroatoms. The van der Waals surface area contributed by atoms with Gasteiger partial charge in [0.15, 0.2) is 6.61 Å². The molecule has 5 nitrogen and oxygen atoms in total. The third kappa shape index (κ3) is 5.29. The zero-order valence-corrected chi connectivity index (χ0v) is 11.8. The van der Waals surface area contributed by atoms with Crippen LogP contribution in [0.3, 0.4) is 0 Å². The molecular weight excluding hydrogens is 256 g/mol. The monoisotopic (exact) mass is 276 g/mol. The molecule has 108 valence electrons. The highest BCUT2D eigenvalue weighted by Gasteiger charge is 2.15. The summed E-state index contributed by atoms with van der Waals surface area (Å²) in [4.78, 5) is 11.8. The predicted molar refractivity (Wildman–Crippen MR) is 75.1 cm³/mol. The van der Waals surface area contributed by atoms with E-state index in [1.54, 1.807) is 24.3 Å². The number of carbonyl (C=O) groups is 1. The van der Waals surface area contributed by atoms with E-state index >= 15 is 0 Å². The van der Waals surface area contributed by atoms with E-state index in [9.17, 15) is 4.79 Å². The van der Waals surface area contributed by atoms with Crippen LogP contribution < -0.4 is 10.1 Å². The summed E-state index contributed by atoms with van der Waals surface area (Å²) in [5.41, 5.74) is 0.546. The number of nitrogens with one attached hydrogen (secondary N) is 1. The van der Waals surface area contributed by atoms with E-state index < -0.39 is 0 Å². The highest BCUT2D eigenvalue weighted by Crippen LogP contribution is 2.11. The lowest BCUT2D eigenvalue weighted by atomic mass is 10.0. The Kier molecular flexibility index (Phi) is 6.54. The van der Waals surface area contributed by atoms with Gasteiger partial charge in [-0.05, 0) is 36.6 Å². The lowest BCUT2D eigenvalue weighted by molar-refractivity contribution is -0.124. The van der Waals surface area contributed by atoms with Crippen LogP contribution in [0.4, 0.5) is 0 Å². The second-order valence-electron chi connectivity index (χ2n) is 4.86. The second-order valence-corrected chi connectivity index (χ2v) is 4.86. The van der Waals surface area contributed by atoms with Crippen LogP contribution in [0.5, 0.6) is 5.75 Å². The number of benzene rings is 1. The Hall–Kier alpha value is -2.06. The van der Waals surface area contributed by atoms with Crippen molar-refractivity contribution in [3.8, 4) is 11.8 Å². The lowest BCUT2D eigenvalue weighted by Gasteiger charge is -2.21. The van der Waals surface area contributed by atoms with E-state index in [0.717, 1.165) is 0 Å². The number of hydrogen-bond donors (Lipinski definition) is 2. The third-order valence-electron chi connectivity index (χ3n) is 2.94. The average molecular weight is 276 g/mol. The standard InChI is InChI=1S/C15H20N2O3/c1-11(2)14(7-8-18)17-15(19)10-20-13-5-3-12(9-16)4-6-13/h3-6,11,14,18H,7-8,10H2,1-2H3,(H,17,19). The summed E-state index contributed by atoms with van der Waals surface area (Å²) in [7, 11) is 0. The maximum absolute atomic E-state index is 11.8. The average Bonchev–Trinajstić information content (AvgIpc) is 2.45. The van der Waals surface area contributed by atoms with Gasteiger partial charge < -0.3 is 15.2 Å². The SMILES string of the molecule is CC(C)C(CCO)NC(=O)COc1ccc(C#N)cc1. The number of aliphatic hydroxyl groups excluding tert-OH is 1. The Morgan fingerprint density at radius 3 is 2.55 bits per heavy atom. The molecule has 0 saturated heterocycles. The van der Waals surface area contributed by atoms with Crippen molar-refractivity contribution >= 4 is 5.91 Å². The summed E-state index contributed by atoms with van der Waals surface area (Å²) in [6, 6.07) is 8.53. The number of amides is 1. The van der Waals surface area contributed by atoms with Gasteiger partial charge >= 0.3 is 0 Å². The molecular formula is C15H20N2O3. The largest absolute Gasteiger partial charge is 0.484 e. The van der Waals surface area contributed by atoms with Crippen LogP contribution in [0.25, 0.3) is 0 Å². The normalized spacial score (nSPS) is 11.8. The third-order valence-corrected chi connectivity index (χ3v) is 2.94. The maximum atomic E-state index is 11.8. The van der Waals surface area contributed by atoms with Gasteiger partial charge in [-0.1, -0.05) is 13.8 Å². The molecule has 20 heavy (non-hydrogen) atoms. The van der Waals surface area contributed by atoms with Crippen LogP contribution in [0, 0.1) is 17.2 Å². The van der Waals surface area contributed by atoms with E-state index in [1.165, 1.54) is 0 Å². The molecule has 1 unspecified atom stereocenters. The first kappa shape index (κ1) is 16.0. The van der Waals surface area contributed by atoms with E-state index in [2.05, 4.69) is 5.32 Å². The highest BCUT2D eigenvalue weighted by atomic mass is 16.5. The number of hydrogen-bond acceptors (Lipinski definition) is 4. The number of nitrogens with zero attached hydrogens (tertiary/aromatic N) is 1. The van der Waals surface area contributed by atoms with Gasteiger partial charge in [0.1, 0.15) is 5.75 Å². The van der Waals surface area contributed by atoms with Crippen LogP contribution in [-0.2, 0) is 4.79 Å². The number of ether oxygens (including phenoxy) is 1. The summed E-state index contributed by atoms with van der Waals surface area (Å²) in [5, 5.41) is 20.5. The number of carbonyl (C=O) groups excluding carboxylic acids is 1. The lowest BCUT2D eigenvalue weighted by Crippen LogP contribution is -2.41. The molecule has 1 aromatic rings. The molecule has 0 heterocycles. The summed E-state index contributed by atoms with van der Waals surface area (Å²) >= 11 is 0. The summed E-state index contributed by atoms with van der Waals surface area (Å²) < 4.78 is 5.34. The van der Waals surface area contributed by atoms with E-state index in [0.29, 0.717) is 17.7 Å². The first-order valence-corrected chi connectivity index (χ1v) is 6.60. The van der Waals surface area contributed by atoms with Crippen LogP contribution in [-0.4, -0.2) is 30.3 Å². The minimum atomic E-state index is -0.221. The minimum absolute atomic E-state index is 0.0413. The summed E-state index contributed by atoms with van der Waals surface area (Å²) in [6.45, 7) is 3.93. The molecule has 0 aromatic heterocycles. The molecule has 0 aliphatic heterocycles. The Balaban J connectivity index is 2.44. The van der Waals surface area contributed by atoms with Gasteiger partial charge in [-0.25, -0.2) is 0 Å². The van der Waals surface area contributed by atoms with Crippen molar-refractivity contribution in [2.24, 2.45) is 5.92 Å². The van der Waals surface area contributed by atoms with Crippen molar-refractivity contribution in [1.29, 1.82) is 5.26 Å². The van der Waals surface area contributed by atoms with Crippen LogP contribution in [0.2, 0.25) is 0 Å². The predicted octanol–water partition coefficient (Wildman–Crippen LogP) is 1.46. The molecule has 0 spiro atoms. The summed E-state index contributed by atoms with van der Waals surface area (Å²) in [5.74, 6) is 0.574. The molecule has 0 saturated carbocycles. The van der Waals surface area contributed by atoms with Gasteiger partial charge in [-0.3, -0.25) is 4.79 Å². The van der Waals surface area contributed by atoms with Crippen molar-refractivity contribution < 1.29 is 14.6 Å². The topological polar surface area (TPSA) is 82.3 Å². The minimum Gasteiger partial charge on any atom is -0.484 e. The first-order valence-electron chi connectivity index (χ1n) is 6.60. The molecule has 1 aromatic carbocycles. The van der Waals surface area contributed by atoms with E-state index in [4.69, 9.17) is 15.1 Å². The smallest absolute Gasteiger partial charge is 0.258 e. The fourth-order valence-electron chi connectivity index (χ4n) is 1.73. The zero-order valence-electron chi connectivity index (χ0n) is 11.8. The molecule has 0 bridgehead atoms. The Bertz CT molecular complexity index is 463. The van der Waals surface area contributed by atoms with Crippen LogP contribution in [0.15, 0.2) is 24.3 Å². The van der Waals surface area contributed by atoms with Crippen molar-refractivity contribution in [3.05, 3.63) is 29.8 Å². The Morgan fingerprint density at radius 2 is 2.05 bits per heavy atom. The molecule has 0 radical (unpaired) electrons. The Labute approximate surface area is 119 Å². The molecule has 1 rings (SSSR count). The van der Waals surface area contributed by atoms with Gasteiger partial charge in [0, 0.05) is 12.6 Å². The number of rotatable bonds is 7. The maximum Gasteiger partial charge on any atom is 0.258 e. The van der Waals surface area contributed by atoms with Crippen LogP contribution in [0.1, 0.15) is 25.8 Å². The van der Waals surface area contributed by atoms with Crippen molar-refractivity contribution in [2.75, 3.05) is 13.2 Å². The summed E-state index contributed by atoms with van der Waals surface area (Å²) in [6.07, 6.45) is 0.528. The zero-order chi connectivity index (χ0) is 15.0. The van der Waals surface area contributed by atoms with Gasteiger partial charge in [0.25, 0.3) is 5.91 Å². The second kappa shape index (κ2) is 8.18. The van der Waals surface area contributed by atoms with Gasteiger partial charge in [0.05, 0.1) is 11.6 Å². The quantitative estimate of drug-likeness (QED) is 0.790. The van der Waals surface area contributed by atoms with E-state index in [-0.39, 0.29) is 31.1 Å². The molecule has 0 aliphatic carbocycles. The van der Waals surface area contributed by atoms with Crippen LogP contribution >= 0.6 is 0 Å². The molecule has 1 atom stereocenters. The molecule has 0 aliphatic rings. The fourth-order valence-corrected chi connectivity index (χ4v) is 1.73.